The zero-order valence-corrected chi connectivity index (χ0v) is 15.0. The first-order valence-electron chi connectivity index (χ1n) is 8.93. The number of carbonyl (C=O) groups is 2. The summed E-state index contributed by atoms with van der Waals surface area (Å²) >= 11 is 0. The van der Waals surface area contributed by atoms with Crippen molar-refractivity contribution in [2.45, 2.75) is 25.7 Å². The lowest BCUT2D eigenvalue weighted by atomic mass is 10.0. The van der Waals surface area contributed by atoms with E-state index in [1.54, 1.807) is 4.90 Å². The lowest BCUT2D eigenvalue weighted by molar-refractivity contribution is -0.122. The molecule has 0 aromatic heterocycles. The molecule has 0 saturated carbocycles. The van der Waals surface area contributed by atoms with Crippen LogP contribution in [-0.2, 0) is 27.2 Å². The van der Waals surface area contributed by atoms with E-state index in [0.29, 0.717) is 13.0 Å². The number of ether oxygens (including phenoxy) is 1. The Hall–Kier alpha value is -2.66. The quantitative estimate of drug-likeness (QED) is 0.869. The van der Waals surface area contributed by atoms with Crippen molar-refractivity contribution >= 4 is 23.2 Å². The number of anilines is 2. The highest BCUT2D eigenvalue weighted by Crippen LogP contribution is 2.30. The van der Waals surface area contributed by atoms with Gasteiger partial charge in [-0.15, -0.1) is 0 Å². The smallest absolute Gasteiger partial charge is 0.252 e. The van der Waals surface area contributed by atoms with Gasteiger partial charge in [0.05, 0.1) is 0 Å². The summed E-state index contributed by atoms with van der Waals surface area (Å²) in [5, 5.41) is 2.96. The molecule has 5 nitrogen and oxygen atoms in total. The molecule has 0 unspecified atom stereocenters. The molecule has 3 rings (SSSR count). The minimum atomic E-state index is -0.0342. The van der Waals surface area contributed by atoms with Crippen molar-refractivity contribution in [2.75, 3.05) is 30.5 Å². The number of rotatable bonds is 6. The predicted molar refractivity (Wildman–Crippen MR) is 102 cm³/mol. The molecule has 1 aliphatic heterocycles. The van der Waals surface area contributed by atoms with Gasteiger partial charge < -0.3 is 15.0 Å². The maximum atomic E-state index is 12.2. The minimum Gasteiger partial charge on any atom is -0.375 e. The Morgan fingerprint density at radius 3 is 2.73 bits per heavy atom. The topological polar surface area (TPSA) is 58.6 Å². The van der Waals surface area contributed by atoms with Crippen LogP contribution < -0.4 is 10.2 Å². The summed E-state index contributed by atoms with van der Waals surface area (Å²) in [7, 11) is 1.52. The van der Waals surface area contributed by atoms with Crippen LogP contribution in [0.3, 0.4) is 0 Å². The third-order valence-corrected chi connectivity index (χ3v) is 4.53. The van der Waals surface area contributed by atoms with Crippen LogP contribution in [0.1, 0.15) is 24.0 Å². The molecule has 26 heavy (non-hydrogen) atoms. The Balaban J connectivity index is 1.63. The molecule has 0 radical (unpaired) electrons. The van der Waals surface area contributed by atoms with Gasteiger partial charge in [0, 0.05) is 31.5 Å². The second-order valence-electron chi connectivity index (χ2n) is 6.46. The van der Waals surface area contributed by atoms with Gasteiger partial charge in [0.25, 0.3) is 5.91 Å². The Morgan fingerprint density at radius 1 is 1.15 bits per heavy atom. The SMILES string of the molecule is COCC(=O)N1CCCc2cc(NC(=O)CCc3ccccc3)ccc21. The van der Waals surface area contributed by atoms with Crippen LogP contribution in [0, 0.1) is 0 Å². The Morgan fingerprint density at radius 2 is 1.96 bits per heavy atom. The van der Waals surface area contributed by atoms with Crippen molar-refractivity contribution in [3.63, 3.8) is 0 Å². The van der Waals surface area contributed by atoms with Crippen molar-refractivity contribution < 1.29 is 14.3 Å². The van der Waals surface area contributed by atoms with E-state index in [0.717, 1.165) is 41.8 Å². The molecule has 0 spiro atoms. The Labute approximate surface area is 154 Å². The molecule has 1 aliphatic rings. The first-order valence-corrected chi connectivity index (χ1v) is 8.93. The van der Waals surface area contributed by atoms with Crippen molar-refractivity contribution in [1.29, 1.82) is 0 Å². The monoisotopic (exact) mass is 352 g/mol. The molecule has 0 bridgehead atoms. The predicted octanol–water partition coefficient (Wildman–Crippen LogP) is 3.18. The van der Waals surface area contributed by atoms with Crippen molar-refractivity contribution in [2.24, 2.45) is 0 Å². The summed E-state index contributed by atoms with van der Waals surface area (Å²) in [6.07, 6.45) is 2.98. The molecule has 2 aromatic rings. The number of hydrogen-bond acceptors (Lipinski definition) is 3. The highest BCUT2D eigenvalue weighted by atomic mass is 16.5. The third kappa shape index (κ3) is 4.49. The van der Waals surface area contributed by atoms with E-state index < -0.39 is 0 Å². The zero-order valence-electron chi connectivity index (χ0n) is 15.0. The zero-order chi connectivity index (χ0) is 18.4. The van der Waals surface area contributed by atoms with E-state index in [1.165, 1.54) is 7.11 Å². The molecule has 5 heteroatoms. The number of aryl methyl sites for hydroxylation is 2. The van der Waals surface area contributed by atoms with Gasteiger partial charge in [0.15, 0.2) is 0 Å². The van der Waals surface area contributed by atoms with E-state index in [9.17, 15) is 9.59 Å². The van der Waals surface area contributed by atoms with Gasteiger partial charge in [-0.3, -0.25) is 9.59 Å². The summed E-state index contributed by atoms with van der Waals surface area (Å²) < 4.78 is 4.96. The summed E-state index contributed by atoms with van der Waals surface area (Å²) in [4.78, 5) is 26.2. The second-order valence-corrected chi connectivity index (χ2v) is 6.46. The molecule has 2 aromatic carbocycles. The summed E-state index contributed by atoms with van der Waals surface area (Å²) in [5.41, 5.74) is 3.94. The van der Waals surface area contributed by atoms with E-state index in [-0.39, 0.29) is 18.4 Å². The molecule has 1 N–H and O–H groups in total. The lowest BCUT2D eigenvalue weighted by Crippen LogP contribution is -2.37. The lowest BCUT2D eigenvalue weighted by Gasteiger charge is -2.29. The maximum Gasteiger partial charge on any atom is 0.252 e. The molecule has 0 saturated heterocycles. The maximum absolute atomic E-state index is 12.2. The number of benzene rings is 2. The number of nitrogens with zero attached hydrogens (tertiary/aromatic N) is 1. The number of nitrogens with one attached hydrogen (secondary N) is 1. The third-order valence-electron chi connectivity index (χ3n) is 4.53. The highest BCUT2D eigenvalue weighted by Gasteiger charge is 2.22. The number of methoxy groups -OCH3 is 1. The summed E-state index contributed by atoms with van der Waals surface area (Å²) in [5.74, 6) is -0.0370. The van der Waals surface area contributed by atoms with Crippen LogP contribution in [0.15, 0.2) is 48.5 Å². The first-order chi connectivity index (χ1) is 12.7. The highest BCUT2D eigenvalue weighted by molar-refractivity contribution is 5.96. The fourth-order valence-corrected chi connectivity index (χ4v) is 3.26. The van der Waals surface area contributed by atoms with E-state index in [4.69, 9.17) is 4.74 Å². The van der Waals surface area contributed by atoms with E-state index in [1.807, 2.05) is 48.5 Å². The van der Waals surface area contributed by atoms with Gasteiger partial charge in [0.1, 0.15) is 6.61 Å². The van der Waals surface area contributed by atoms with Gasteiger partial charge in [0.2, 0.25) is 5.91 Å². The fourth-order valence-electron chi connectivity index (χ4n) is 3.26. The molecular formula is C21H24N2O3. The normalized spacial score (nSPS) is 13.2. The van der Waals surface area contributed by atoms with Crippen LogP contribution in [0.4, 0.5) is 11.4 Å². The molecule has 0 aliphatic carbocycles. The van der Waals surface area contributed by atoms with Crippen LogP contribution in [0.2, 0.25) is 0 Å². The molecule has 2 amide bonds. The number of carbonyl (C=O) groups excluding carboxylic acids is 2. The Kier molecular flexibility index (Phi) is 6.02. The van der Waals surface area contributed by atoms with Gasteiger partial charge in [-0.05, 0) is 48.6 Å². The van der Waals surface area contributed by atoms with Crippen molar-refractivity contribution in [3.05, 3.63) is 59.7 Å². The van der Waals surface area contributed by atoms with E-state index in [2.05, 4.69) is 5.32 Å². The van der Waals surface area contributed by atoms with Crippen LogP contribution >= 0.6 is 0 Å². The van der Waals surface area contributed by atoms with Crippen LogP contribution in [0.25, 0.3) is 0 Å². The molecule has 0 atom stereocenters. The number of amides is 2. The van der Waals surface area contributed by atoms with Crippen LogP contribution in [-0.4, -0.2) is 32.1 Å². The Bertz CT molecular complexity index is 774. The molecule has 0 fully saturated rings. The number of hydrogen-bond donors (Lipinski definition) is 1. The van der Waals surface area contributed by atoms with Gasteiger partial charge in [-0.25, -0.2) is 0 Å². The second kappa shape index (κ2) is 8.63. The number of fused-ring (bicyclic) bond motifs is 1. The van der Waals surface area contributed by atoms with E-state index >= 15 is 0 Å². The average Bonchev–Trinajstić information content (AvgIpc) is 2.67. The fraction of sp³-hybridized carbons (Fsp3) is 0.333. The van der Waals surface area contributed by atoms with Crippen LogP contribution in [0.5, 0.6) is 0 Å². The van der Waals surface area contributed by atoms with Gasteiger partial charge in [-0.1, -0.05) is 30.3 Å². The molecular weight excluding hydrogens is 328 g/mol. The molecule has 1 heterocycles. The summed E-state index contributed by atoms with van der Waals surface area (Å²) in [6, 6.07) is 15.7. The minimum absolute atomic E-state index is 0.00284. The van der Waals surface area contributed by atoms with Gasteiger partial charge >= 0.3 is 0 Å². The van der Waals surface area contributed by atoms with Crippen molar-refractivity contribution in [3.8, 4) is 0 Å². The van der Waals surface area contributed by atoms with Crippen molar-refractivity contribution in [1.82, 2.24) is 0 Å². The molecule has 136 valence electrons. The average molecular weight is 352 g/mol. The van der Waals surface area contributed by atoms with Gasteiger partial charge in [-0.2, -0.15) is 0 Å². The summed E-state index contributed by atoms with van der Waals surface area (Å²) in [6.45, 7) is 0.787. The standard InChI is InChI=1S/C21H24N2O3/c1-26-15-21(25)23-13-5-8-17-14-18(10-11-19(17)23)22-20(24)12-9-16-6-3-2-4-7-16/h2-4,6-7,10-11,14H,5,8-9,12-13,15H2,1H3,(H,22,24). The first kappa shape index (κ1) is 18.1. The largest absolute Gasteiger partial charge is 0.375 e.